The Bertz CT molecular complexity index is 628. The summed E-state index contributed by atoms with van der Waals surface area (Å²) in [5, 5.41) is 8.65. The lowest BCUT2D eigenvalue weighted by Crippen LogP contribution is -2.03. The Morgan fingerprint density at radius 3 is 2.23 bits per heavy atom. The van der Waals surface area contributed by atoms with Crippen molar-refractivity contribution in [3.63, 3.8) is 0 Å². The Morgan fingerprint density at radius 2 is 1.65 bits per heavy atom. The second-order valence-corrected chi connectivity index (χ2v) is 6.78. The van der Waals surface area contributed by atoms with E-state index in [2.05, 4.69) is 37.3 Å². The molecule has 1 fully saturated rings. The van der Waals surface area contributed by atoms with E-state index in [1.807, 2.05) is 0 Å². The topological polar surface area (TPSA) is 46.5 Å². The van der Waals surface area contributed by atoms with Crippen molar-refractivity contribution in [1.29, 1.82) is 0 Å². The molecule has 0 atom stereocenters. The molecule has 0 saturated heterocycles. The maximum Gasteiger partial charge on any atom is 0.335 e. The predicted molar refractivity (Wildman–Crippen MR) is 106 cm³/mol. The SMILES string of the molecule is CCCCOc1ccc(C(=O)O)cc1.c1ccc(C2CCCCC2)cc1. The highest BCUT2D eigenvalue weighted by Crippen LogP contribution is 2.32. The van der Waals surface area contributed by atoms with Gasteiger partial charge in [-0.15, -0.1) is 0 Å². The van der Waals surface area contributed by atoms with Gasteiger partial charge >= 0.3 is 5.97 Å². The summed E-state index contributed by atoms with van der Waals surface area (Å²) in [4.78, 5) is 10.5. The van der Waals surface area contributed by atoms with Crippen LogP contribution in [0.15, 0.2) is 54.6 Å². The number of ether oxygens (including phenoxy) is 1. The van der Waals surface area contributed by atoms with E-state index in [1.165, 1.54) is 32.1 Å². The summed E-state index contributed by atoms with van der Waals surface area (Å²) < 4.78 is 5.39. The molecule has 3 rings (SSSR count). The van der Waals surface area contributed by atoms with E-state index in [4.69, 9.17) is 9.84 Å². The van der Waals surface area contributed by atoms with Crippen molar-refractivity contribution in [3.8, 4) is 5.75 Å². The lowest BCUT2D eigenvalue weighted by Gasteiger charge is -2.21. The van der Waals surface area contributed by atoms with Gasteiger partial charge in [0.1, 0.15) is 5.75 Å². The third-order valence-electron chi connectivity index (χ3n) is 4.74. The first kappa shape index (κ1) is 20.0. The van der Waals surface area contributed by atoms with Gasteiger partial charge in [0.15, 0.2) is 0 Å². The number of carbonyl (C=O) groups is 1. The molecule has 1 aliphatic rings. The zero-order chi connectivity index (χ0) is 18.6. The summed E-state index contributed by atoms with van der Waals surface area (Å²) in [5.74, 6) is 0.675. The highest BCUT2D eigenvalue weighted by atomic mass is 16.5. The van der Waals surface area contributed by atoms with Crippen LogP contribution in [0.1, 0.15) is 73.7 Å². The fourth-order valence-corrected chi connectivity index (χ4v) is 3.19. The van der Waals surface area contributed by atoms with Crippen molar-refractivity contribution in [2.75, 3.05) is 6.61 Å². The Labute approximate surface area is 157 Å². The van der Waals surface area contributed by atoms with Crippen molar-refractivity contribution in [3.05, 3.63) is 65.7 Å². The van der Waals surface area contributed by atoms with E-state index < -0.39 is 5.97 Å². The van der Waals surface area contributed by atoms with E-state index in [0.29, 0.717) is 6.61 Å². The number of aromatic carboxylic acids is 1. The lowest BCUT2D eigenvalue weighted by molar-refractivity contribution is 0.0697. The van der Waals surface area contributed by atoms with Crippen LogP contribution < -0.4 is 4.74 Å². The number of carboxylic acid groups (broad SMARTS) is 1. The Hall–Kier alpha value is -2.29. The van der Waals surface area contributed by atoms with Gasteiger partial charge in [0.2, 0.25) is 0 Å². The summed E-state index contributed by atoms with van der Waals surface area (Å²) >= 11 is 0. The standard InChI is InChI=1S/C12H16.C11H14O3/c1-3-7-11(8-4-1)12-9-5-2-6-10-12;1-2-3-8-14-10-6-4-9(5-7-10)11(12)13/h1,3-4,7-8,12H,2,5-6,9-10H2;4-7H,2-3,8H2,1H3,(H,12,13). The molecule has 0 aromatic heterocycles. The van der Waals surface area contributed by atoms with Crippen LogP contribution in [-0.2, 0) is 0 Å². The van der Waals surface area contributed by atoms with Gasteiger partial charge in [-0.1, -0.05) is 62.9 Å². The number of carboxylic acids is 1. The lowest BCUT2D eigenvalue weighted by atomic mass is 9.84. The molecule has 0 aliphatic heterocycles. The number of unbranched alkanes of at least 4 members (excludes halogenated alkanes) is 1. The summed E-state index contributed by atoms with van der Waals surface area (Å²) in [6.07, 6.45) is 9.23. The van der Waals surface area contributed by atoms with Crippen molar-refractivity contribution in [1.82, 2.24) is 0 Å². The van der Waals surface area contributed by atoms with E-state index in [9.17, 15) is 4.79 Å². The van der Waals surface area contributed by atoms with Gasteiger partial charge in [-0.3, -0.25) is 0 Å². The van der Waals surface area contributed by atoms with Gasteiger partial charge in [0.25, 0.3) is 0 Å². The van der Waals surface area contributed by atoms with Crippen LogP contribution in [0.4, 0.5) is 0 Å². The molecule has 0 amide bonds. The van der Waals surface area contributed by atoms with Gasteiger partial charge < -0.3 is 9.84 Å². The van der Waals surface area contributed by atoms with Crippen molar-refractivity contribution in [2.24, 2.45) is 0 Å². The van der Waals surface area contributed by atoms with E-state index in [1.54, 1.807) is 29.8 Å². The molecule has 0 unspecified atom stereocenters. The molecule has 0 radical (unpaired) electrons. The zero-order valence-electron chi connectivity index (χ0n) is 15.7. The fourth-order valence-electron chi connectivity index (χ4n) is 3.19. The second kappa shape index (κ2) is 11.3. The third-order valence-corrected chi connectivity index (χ3v) is 4.74. The molecule has 0 spiro atoms. The Morgan fingerprint density at radius 1 is 1.00 bits per heavy atom. The molecular weight excluding hydrogens is 324 g/mol. The summed E-state index contributed by atoms with van der Waals surface area (Å²) in [7, 11) is 0. The molecule has 2 aromatic rings. The van der Waals surface area contributed by atoms with Gasteiger partial charge in [-0.25, -0.2) is 4.79 Å². The van der Waals surface area contributed by atoms with Crippen LogP contribution in [0.5, 0.6) is 5.75 Å². The zero-order valence-corrected chi connectivity index (χ0v) is 15.7. The molecule has 26 heavy (non-hydrogen) atoms. The summed E-state index contributed by atoms with van der Waals surface area (Å²) in [6, 6.07) is 17.4. The average molecular weight is 354 g/mol. The largest absolute Gasteiger partial charge is 0.494 e. The smallest absolute Gasteiger partial charge is 0.335 e. The molecule has 1 aliphatic carbocycles. The molecule has 3 heteroatoms. The molecule has 1 saturated carbocycles. The highest BCUT2D eigenvalue weighted by Gasteiger charge is 2.14. The van der Waals surface area contributed by atoms with Gasteiger partial charge in [-0.05, 0) is 55.0 Å². The summed E-state index contributed by atoms with van der Waals surface area (Å²) in [6.45, 7) is 2.78. The van der Waals surface area contributed by atoms with E-state index >= 15 is 0 Å². The first-order valence-electron chi connectivity index (χ1n) is 9.71. The molecule has 1 N–H and O–H groups in total. The Balaban J connectivity index is 0.000000189. The van der Waals surface area contributed by atoms with E-state index in [-0.39, 0.29) is 5.56 Å². The van der Waals surface area contributed by atoms with Gasteiger partial charge in [0, 0.05) is 0 Å². The maximum atomic E-state index is 10.5. The van der Waals surface area contributed by atoms with Crippen LogP contribution in [-0.4, -0.2) is 17.7 Å². The highest BCUT2D eigenvalue weighted by molar-refractivity contribution is 5.87. The average Bonchev–Trinajstić information content (AvgIpc) is 2.70. The van der Waals surface area contributed by atoms with Crippen molar-refractivity contribution >= 4 is 5.97 Å². The molecule has 0 heterocycles. The summed E-state index contributed by atoms with van der Waals surface area (Å²) in [5.41, 5.74) is 1.84. The predicted octanol–water partition coefficient (Wildman–Crippen LogP) is 6.30. The van der Waals surface area contributed by atoms with Crippen LogP contribution in [0.2, 0.25) is 0 Å². The van der Waals surface area contributed by atoms with Gasteiger partial charge in [0.05, 0.1) is 12.2 Å². The van der Waals surface area contributed by atoms with Crippen LogP contribution in [0.25, 0.3) is 0 Å². The quantitative estimate of drug-likeness (QED) is 0.619. The van der Waals surface area contributed by atoms with Crippen molar-refractivity contribution < 1.29 is 14.6 Å². The number of hydrogen-bond donors (Lipinski definition) is 1. The van der Waals surface area contributed by atoms with Crippen LogP contribution in [0, 0.1) is 0 Å². The monoisotopic (exact) mass is 354 g/mol. The fraction of sp³-hybridized carbons (Fsp3) is 0.435. The molecular formula is C23H30O3. The van der Waals surface area contributed by atoms with Gasteiger partial charge in [-0.2, -0.15) is 0 Å². The molecule has 0 bridgehead atoms. The number of rotatable bonds is 6. The maximum absolute atomic E-state index is 10.5. The molecule has 3 nitrogen and oxygen atoms in total. The number of hydrogen-bond acceptors (Lipinski definition) is 2. The minimum absolute atomic E-state index is 0.285. The minimum atomic E-state index is -0.912. The first-order valence-corrected chi connectivity index (χ1v) is 9.71. The second-order valence-electron chi connectivity index (χ2n) is 6.78. The number of benzene rings is 2. The van der Waals surface area contributed by atoms with Crippen molar-refractivity contribution in [2.45, 2.75) is 57.8 Å². The molecule has 2 aromatic carbocycles. The molecule has 140 valence electrons. The Kier molecular flexibility index (Phi) is 8.74. The first-order chi connectivity index (χ1) is 12.7. The normalized spacial score (nSPS) is 14.2. The van der Waals surface area contributed by atoms with Crippen LogP contribution >= 0.6 is 0 Å². The minimum Gasteiger partial charge on any atom is -0.494 e. The van der Waals surface area contributed by atoms with E-state index in [0.717, 1.165) is 24.5 Å². The van der Waals surface area contributed by atoms with Crippen LogP contribution in [0.3, 0.4) is 0 Å². The third kappa shape index (κ3) is 6.91.